The monoisotopic (exact) mass is 413 g/mol. The van der Waals surface area contributed by atoms with Crippen LogP contribution in [0.2, 0.25) is 0 Å². The first kappa shape index (κ1) is 22.1. The lowest BCUT2D eigenvalue weighted by Gasteiger charge is -2.30. The summed E-state index contributed by atoms with van der Waals surface area (Å²) in [7, 11) is 5.12. The van der Waals surface area contributed by atoms with E-state index in [0.29, 0.717) is 24.6 Å². The number of benzene rings is 2. The Hall–Kier alpha value is -2.57. The molecule has 0 aliphatic carbocycles. The van der Waals surface area contributed by atoms with Crippen LogP contribution in [0.15, 0.2) is 42.5 Å². The van der Waals surface area contributed by atoms with E-state index in [9.17, 15) is 4.79 Å². The Labute approximate surface area is 180 Å². The highest BCUT2D eigenvalue weighted by Gasteiger charge is 2.26. The van der Waals surface area contributed by atoms with Gasteiger partial charge in [-0.05, 0) is 13.0 Å². The molecule has 1 amide bonds. The summed E-state index contributed by atoms with van der Waals surface area (Å²) in [4.78, 5) is 17.6. The van der Waals surface area contributed by atoms with Gasteiger partial charge in [0.05, 0.1) is 14.2 Å². The lowest BCUT2D eigenvalue weighted by molar-refractivity contribution is -1.02. The number of carbonyl (C=O) groups is 1. The molecule has 162 valence electrons. The van der Waals surface area contributed by atoms with E-state index in [2.05, 4.69) is 31.2 Å². The SMILES string of the molecule is COc1cccc(CN(C)C(=O)C[NH+]2CC[NH+](Cc3cccc(C)c3)CC2)c1OC. The lowest BCUT2D eigenvalue weighted by atomic mass is 10.1. The van der Waals surface area contributed by atoms with Gasteiger partial charge in [0.1, 0.15) is 32.7 Å². The van der Waals surface area contributed by atoms with Crippen molar-refractivity contribution in [2.45, 2.75) is 20.0 Å². The molecule has 0 spiro atoms. The maximum Gasteiger partial charge on any atom is 0.277 e. The molecule has 1 fully saturated rings. The molecular formula is C24H35N3O3+2. The first-order valence-electron chi connectivity index (χ1n) is 10.7. The van der Waals surface area contributed by atoms with Crippen molar-refractivity contribution < 1.29 is 24.1 Å². The number of piperazine rings is 1. The van der Waals surface area contributed by atoms with E-state index in [0.717, 1.165) is 38.3 Å². The van der Waals surface area contributed by atoms with Crippen LogP contribution in [0.5, 0.6) is 11.5 Å². The van der Waals surface area contributed by atoms with Crippen LogP contribution in [-0.4, -0.2) is 64.8 Å². The van der Waals surface area contributed by atoms with Crippen LogP contribution in [0.3, 0.4) is 0 Å². The summed E-state index contributed by atoms with van der Waals surface area (Å²) in [5.74, 6) is 1.55. The minimum Gasteiger partial charge on any atom is -0.493 e. The number of nitrogens with one attached hydrogen (secondary N) is 2. The molecule has 1 saturated heterocycles. The lowest BCUT2D eigenvalue weighted by Crippen LogP contribution is -3.28. The third kappa shape index (κ3) is 5.74. The van der Waals surface area contributed by atoms with Crippen LogP contribution in [0.1, 0.15) is 16.7 Å². The van der Waals surface area contributed by atoms with Crippen molar-refractivity contribution in [3.63, 3.8) is 0 Å². The van der Waals surface area contributed by atoms with Crippen LogP contribution in [-0.2, 0) is 17.9 Å². The first-order chi connectivity index (χ1) is 14.5. The molecule has 6 heteroatoms. The van der Waals surface area contributed by atoms with E-state index in [-0.39, 0.29) is 5.91 Å². The third-order valence-corrected chi connectivity index (χ3v) is 5.92. The van der Waals surface area contributed by atoms with E-state index in [1.54, 1.807) is 24.0 Å². The number of amides is 1. The second kappa shape index (κ2) is 10.5. The standard InChI is InChI=1S/C24H33N3O3/c1-19-7-5-8-20(15-19)16-26-11-13-27(14-12-26)18-23(28)25(2)17-21-9-6-10-22(29-3)24(21)30-4/h5-10,15H,11-14,16-18H2,1-4H3/p+2. The fraction of sp³-hybridized carbons (Fsp3) is 0.458. The molecule has 2 N–H and O–H groups in total. The van der Waals surface area contributed by atoms with Gasteiger partial charge in [-0.1, -0.05) is 42.0 Å². The Morgan fingerprint density at radius 3 is 2.37 bits per heavy atom. The molecule has 0 unspecified atom stereocenters. The van der Waals surface area contributed by atoms with Gasteiger partial charge in [-0.25, -0.2) is 0 Å². The number of aryl methyl sites for hydroxylation is 1. The zero-order chi connectivity index (χ0) is 21.5. The number of nitrogens with zero attached hydrogens (tertiary/aromatic N) is 1. The quantitative estimate of drug-likeness (QED) is 0.638. The van der Waals surface area contributed by atoms with E-state index >= 15 is 0 Å². The Bertz CT molecular complexity index is 847. The Kier molecular flexibility index (Phi) is 7.71. The van der Waals surface area contributed by atoms with Crippen molar-refractivity contribution in [1.82, 2.24) is 4.90 Å². The number of hydrogen-bond donors (Lipinski definition) is 2. The second-order valence-electron chi connectivity index (χ2n) is 8.25. The number of rotatable bonds is 8. The zero-order valence-corrected chi connectivity index (χ0v) is 18.7. The van der Waals surface area contributed by atoms with Gasteiger partial charge in [-0.2, -0.15) is 0 Å². The van der Waals surface area contributed by atoms with Crippen LogP contribution in [0.4, 0.5) is 0 Å². The predicted octanol–water partition coefficient (Wildman–Crippen LogP) is -0.0458. The number of carbonyl (C=O) groups excluding carboxylic acids is 1. The van der Waals surface area contributed by atoms with Gasteiger partial charge in [0, 0.05) is 24.7 Å². The van der Waals surface area contributed by atoms with Crippen LogP contribution in [0, 0.1) is 6.92 Å². The van der Waals surface area contributed by atoms with Gasteiger partial charge in [0.2, 0.25) is 0 Å². The second-order valence-corrected chi connectivity index (χ2v) is 8.25. The fourth-order valence-corrected chi connectivity index (χ4v) is 4.19. The normalized spacial score (nSPS) is 18.7. The largest absolute Gasteiger partial charge is 0.493 e. The number of ether oxygens (including phenoxy) is 2. The molecular weight excluding hydrogens is 378 g/mol. The van der Waals surface area contributed by atoms with Gasteiger partial charge in [0.25, 0.3) is 5.91 Å². The average Bonchev–Trinajstić information content (AvgIpc) is 2.74. The van der Waals surface area contributed by atoms with Gasteiger partial charge in [0.15, 0.2) is 18.0 Å². The number of likely N-dealkylation sites (N-methyl/N-ethyl adjacent to an activating group) is 1. The minimum absolute atomic E-state index is 0.164. The van der Waals surface area contributed by atoms with E-state index in [1.807, 2.05) is 25.2 Å². The Morgan fingerprint density at radius 2 is 1.70 bits per heavy atom. The summed E-state index contributed by atoms with van der Waals surface area (Å²) in [6.45, 7) is 8.53. The van der Waals surface area contributed by atoms with Crippen molar-refractivity contribution in [1.29, 1.82) is 0 Å². The molecule has 2 aromatic carbocycles. The Morgan fingerprint density at radius 1 is 1.00 bits per heavy atom. The molecule has 0 bridgehead atoms. The summed E-state index contributed by atoms with van der Waals surface area (Å²) in [6, 6.07) is 14.5. The van der Waals surface area contributed by atoms with Crippen molar-refractivity contribution in [3.8, 4) is 11.5 Å². The van der Waals surface area contributed by atoms with Crippen molar-refractivity contribution in [2.24, 2.45) is 0 Å². The molecule has 6 nitrogen and oxygen atoms in total. The predicted molar refractivity (Wildman–Crippen MR) is 117 cm³/mol. The maximum atomic E-state index is 12.8. The molecule has 3 rings (SSSR count). The summed E-state index contributed by atoms with van der Waals surface area (Å²) >= 11 is 0. The average molecular weight is 414 g/mol. The molecule has 0 aromatic heterocycles. The molecule has 2 aromatic rings. The highest BCUT2D eigenvalue weighted by atomic mass is 16.5. The summed E-state index contributed by atoms with van der Waals surface area (Å²) < 4.78 is 10.9. The highest BCUT2D eigenvalue weighted by molar-refractivity contribution is 5.77. The van der Waals surface area contributed by atoms with E-state index < -0.39 is 0 Å². The number of methoxy groups -OCH3 is 2. The Balaban J connectivity index is 1.48. The summed E-state index contributed by atoms with van der Waals surface area (Å²) in [5.41, 5.74) is 3.67. The van der Waals surface area contributed by atoms with Crippen molar-refractivity contribution in [2.75, 3.05) is 54.0 Å². The van der Waals surface area contributed by atoms with Gasteiger partial charge in [-0.15, -0.1) is 0 Å². The van der Waals surface area contributed by atoms with Gasteiger partial charge < -0.3 is 24.2 Å². The van der Waals surface area contributed by atoms with E-state index in [1.165, 1.54) is 16.0 Å². The molecule has 0 atom stereocenters. The molecule has 1 heterocycles. The highest BCUT2D eigenvalue weighted by Crippen LogP contribution is 2.31. The number of para-hydroxylation sites is 1. The van der Waals surface area contributed by atoms with Crippen molar-refractivity contribution >= 4 is 5.91 Å². The van der Waals surface area contributed by atoms with Gasteiger partial charge in [-0.3, -0.25) is 4.79 Å². The molecule has 1 aliphatic rings. The number of quaternary nitrogens is 2. The smallest absolute Gasteiger partial charge is 0.277 e. The molecule has 30 heavy (non-hydrogen) atoms. The minimum atomic E-state index is 0.164. The fourth-order valence-electron chi connectivity index (χ4n) is 4.19. The number of hydrogen-bond acceptors (Lipinski definition) is 3. The zero-order valence-electron chi connectivity index (χ0n) is 18.7. The molecule has 0 saturated carbocycles. The molecule has 1 aliphatic heterocycles. The van der Waals surface area contributed by atoms with Crippen LogP contribution < -0.4 is 19.3 Å². The van der Waals surface area contributed by atoms with Crippen LogP contribution >= 0.6 is 0 Å². The van der Waals surface area contributed by atoms with E-state index in [4.69, 9.17) is 9.47 Å². The van der Waals surface area contributed by atoms with Crippen LogP contribution in [0.25, 0.3) is 0 Å². The van der Waals surface area contributed by atoms with Gasteiger partial charge >= 0.3 is 0 Å². The van der Waals surface area contributed by atoms with Crippen molar-refractivity contribution in [3.05, 3.63) is 59.2 Å². The first-order valence-corrected chi connectivity index (χ1v) is 10.7. The third-order valence-electron chi connectivity index (χ3n) is 5.92. The summed E-state index contributed by atoms with van der Waals surface area (Å²) in [5, 5.41) is 0. The topological polar surface area (TPSA) is 47.6 Å². The summed E-state index contributed by atoms with van der Waals surface area (Å²) in [6.07, 6.45) is 0. The maximum absolute atomic E-state index is 12.8. The molecule has 0 radical (unpaired) electrons.